The predicted octanol–water partition coefficient (Wildman–Crippen LogP) is 2.34. The second kappa shape index (κ2) is 9.90. The number of carboxylic acids is 1. The molecule has 0 heterocycles. The molecule has 0 saturated heterocycles. The number of benzene rings is 1. The van der Waals surface area contributed by atoms with Crippen LogP contribution in [0.4, 0.5) is 0 Å². The third-order valence-corrected chi connectivity index (χ3v) is 3.83. The molecule has 0 amide bonds. The number of phenols is 1. The first-order valence-corrected chi connectivity index (χ1v) is 8.72. The third kappa shape index (κ3) is 8.17. The Balaban J connectivity index is 0.000000896. The number of hydrogen-bond donors (Lipinski definition) is 5. The van der Waals surface area contributed by atoms with E-state index in [9.17, 15) is 9.90 Å². The number of aliphatic hydroxyl groups excluding tert-OH is 3. The van der Waals surface area contributed by atoms with Gasteiger partial charge in [-0.05, 0) is 33.9 Å². The van der Waals surface area contributed by atoms with Gasteiger partial charge in [-0.1, -0.05) is 53.7 Å². The van der Waals surface area contributed by atoms with Crippen molar-refractivity contribution in [1.82, 2.24) is 0 Å². The number of aromatic hydroxyl groups is 1. The van der Waals surface area contributed by atoms with Gasteiger partial charge in [-0.3, -0.25) is 4.79 Å². The molecule has 1 aromatic carbocycles. The van der Waals surface area contributed by atoms with Crippen LogP contribution in [0, 0.1) is 0 Å². The van der Waals surface area contributed by atoms with E-state index in [1.165, 1.54) is 0 Å². The van der Waals surface area contributed by atoms with Crippen LogP contribution in [0.15, 0.2) is 12.1 Å². The van der Waals surface area contributed by atoms with Crippen LogP contribution < -0.4 is 0 Å². The Morgan fingerprint density at radius 2 is 1.35 bits per heavy atom. The maximum atomic E-state index is 10.8. The fourth-order valence-electron chi connectivity index (χ4n) is 2.29. The lowest BCUT2D eigenvalue weighted by atomic mass is 9.78. The van der Waals surface area contributed by atoms with Crippen molar-refractivity contribution in [2.45, 2.75) is 71.3 Å². The van der Waals surface area contributed by atoms with Crippen LogP contribution in [0.3, 0.4) is 0 Å². The van der Waals surface area contributed by atoms with Crippen molar-refractivity contribution in [3.05, 3.63) is 28.8 Å². The molecule has 6 nitrogen and oxygen atoms in total. The highest BCUT2D eigenvalue weighted by atomic mass is 16.4. The molecule has 5 N–H and O–H groups in total. The lowest BCUT2D eigenvalue weighted by Crippen LogP contribution is -2.18. The van der Waals surface area contributed by atoms with E-state index in [4.69, 9.17) is 20.4 Å². The SMILES string of the molecule is CC(C)(C)c1cc(CCC(=O)O)cc(C(C)(C)C)c1O.OCC(O)CO. The summed E-state index contributed by atoms with van der Waals surface area (Å²) in [6.07, 6.45) is -0.357. The lowest BCUT2D eigenvalue weighted by molar-refractivity contribution is -0.136. The second-order valence-corrected chi connectivity index (χ2v) is 8.45. The quantitative estimate of drug-likeness (QED) is 0.543. The Kier molecular flexibility index (Phi) is 9.28. The average molecular weight is 370 g/mol. The topological polar surface area (TPSA) is 118 Å². The van der Waals surface area contributed by atoms with E-state index in [2.05, 4.69) is 41.5 Å². The molecule has 6 heteroatoms. The number of rotatable bonds is 5. The van der Waals surface area contributed by atoms with Crippen molar-refractivity contribution in [2.75, 3.05) is 13.2 Å². The van der Waals surface area contributed by atoms with Gasteiger partial charge in [0.1, 0.15) is 11.9 Å². The van der Waals surface area contributed by atoms with Crippen LogP contribution in [-0.4, -0.2) is 50.8 Å². The standard InChI is InChI=1S/C17H26O3.C3H8O3/c1-16(2,3)12-9-11(7-8-14(18)19)10-13(15(12)20)17(4,5)6;4-1-3(6)2-5/h9-10,20H,7-8H2,1-6H3,(H,18,19);3-6H,1-2H2. The molecule has 0 aliphatic heterocycles. The number of aliphatic carboxylic acids is 1. The highest BCUT2D eigenvalue weighted by molar-refractivity contribution is 5.67. The molecule has 0 aliphatic carbocycles. The summed E-state index contributed by atoms with van der Waals surface area (Å²) < 4.78 is 0. The zero-order valence-corrected chi connectivity index (χ0v) is 16.7. The minimum atomic E-state index is -0.954. The van der Waals surface area contributed by atoms with Crippen molar-refractivity contribution in [3.8, 4) is 5.75 Å². The summed E-state index contributed by atoms with van der Waals surface area (Å²) >= 11 is 0. The molecule has 1 aromatic rings. The van der Waals surface area contributed by atoms with Crippen LogP contribution in [0.25, 0.3) is 0 Å². The predicted molar refractivity (Wildman–Crippen MR) is 102 cm³/mol. The first-order chi connectivity index (χ1) is 11.7. The third-order valence-electron chi connectivity index (χ3n) is 3.83. The maximum absolute atomic E-state index is 10.8. The monoisotopic (exact) mass is 370 g/mol. The summed E-state index contributed by atoms with van der Waals surface area (Å²) in [4.78, 5) is 10.8. The molecular weight excluding hydrogens is 336 g/mol. The molecule has 0 bridgehead atoms. The average Bonchev–Trinajstić information content (AvgIpc) is 2.51. The van der Waals surface area contributed by atoms with Gasteiger partial charge in [0.2, 0.25) is 0 Å². The van der Waals surface area contributed by atoms with E-state index >= 15 is 0 Å². The van der Waals surface area contributed by atoms with E-state index < -0.39 is 12.1 Å². The molecule has 1 rings (SSSR count). The summed E-state index contributed by atoms with van der Waals surface area (Å²) in [5, 5.41) is 43.4. The highest BCUT2D eigenvalue weighted by Crippen LogP contribution is 2.39. The number of hydrogen-bond acceptors (Lipinski definition) is 5. The fourth-order valence-corrected chi connectivity index (χ4v) is 2.29. The Hall–Kier alpha value is -1.63. The lowest BCUT2D eigenvalue weighted by Gasteiger charge is -2.28. The largest absolute Gasteiger partial charge is 0.507 e. The zero-order valence-electron chi connectivity index (χ0n) is 16.7. The summed E-state index contributed by atoms with van der Waals surface area (Å²) in [6.45, 7) is 11.6. The molecule has 0 saturated carbocycles. The van der Waals surface area contributed by atoms with Crippen LogP contribution in [-0.2, 0) is 22.0 Å². The summed E-state index contributed by atoms with van der Waals surface area (Å²) in [7, 11) is 0. The van der Waals surface area contributed by atoms with Gasteiger partial charge in [0, 0.05) is 6.42 Å². The van der Waals surface area contributed by atoms with E-state index in [1.54, 1.807) is 0 Å². The van der Waals surface area contributed by atoms with Crippen LogP contribution >= 0.6 is 0 Å². The van der Waals surface area contributed by atoms with Crippen molar-refractivity contribution >= 4 is 5.97 Å². The smallest absolute Gasteiger partial charge is 0.303 e. The van der Waals surface area contributed by atoms with E-state index in [0.717, 1.165) is 16.7 Å². The van der Waals surface area contributed by atoms with E-state index in [1.807, 2.05) is 12.1 Å². The van der Waals surface area contributed by atoms with E-state index in [0.29, 0.717) is 12.2 Å². The minimum Gasteiger partial charge on any atom is -0.507 e. The van der Waals surface area contributed by atoms with Gasteiger partial charge in [-0.25, -0.2) is 0 Å². The Morgan fingerprint density at radius 1 is 0.962 bits per heavy atom. The van der Waals surface area contributed by atoms with Gasteiger partial charge in [0.05, 0.1) is 13.2 Å². The first-order valence-electron chi connectivity index (χ1n) is 8.72. The molecule has 0 atom stereocenters. The minimum absolute atomic E-state index is 0.109. The molecule has 0 fully saturated rings. The first kappa shape index (κ1) is 24.4. The second-order valence-electron chi connectivity index (χ2n) is 8.45. The van der Waals surface area contributed by atoms with Crippen molar-refractivity contribution in [3.63, 3.8) is 0 Å². The normalized spacial score (nSPS) is 11.9. The maximum Gasteiger partial charge on any atom is 0.303 e. The van der Waals surface area contributed by atoms with Gasteiger partial charge in [0.15, 0.2) is 0 Å². The Bertz CT molecular complexity index is 542. The molecule has 0 unspecified atom stereocenters. The van der Waals surface area contributed by atoms with Crippen LogP contribution in [0.5, 0.6) is 5.75 Å². The van der Waals surface area contributed by atoms with Gasteiger partial charge >= 0.3 is 5.97 Å². The van der Waals surface area contributed by atoms with Crippen molar-refractivity contribution in [1.29, 1.82) is 0 Å². The van der Waals surface area contributed by atoms with Gasteiger partial charge in [-0.2, -0.15) is 0 Å². The van der Waals surface area contributed by atoms with Crippen molar-refractivity contribution in [2.24, 2.45) is 0 Å². The van der Waals surface area contributed by atoms with Crippen molar-refractivity contribution < 1.29 is 30.3 Å². The zero-order chi connectivity index (χ0) is 20.7. The summed E-state index contributed by atoms with van der Waals surface area (Å²) in [5.41, 5.74) is 2.38. The van der Waals surface area contributed by atoms with Gasteiger partial charge < -0.3 is 25.5 Å². The number of carbonyl (C=O) groups is 1. The number of aliphatic hydroxyl groups is 3. The number of phenolic OH excluding ortho intramolecular Hbond substituents is 1. The highest BCUT2D eigenvalue weighted by Gasteiger charge is 2.26. The molecule has 0 aromatic heterocycles. The molecular formula is C20H34O6. The van der Waals surface area contributed by atoms with Gasteiger partial charge in [0.25, 0.3) is 0 Å². The molecule has 0 spiro atoms. The fraction of sp³-hybridized carbons (Fsp3) is 0.650. The Labute approximate surface area is 156 Å². The molecule has 0 aliphatic rings. The van der Waals surface area contributed by atoms with Gasteiger partial charge in [-0.15, -0.1) is 0 Å². The summed E-state index contributed by atoms with van der Waals surface area (Å²) in [5.74, 6) is -0.461. The number of aryl methyl sites for hydroxylation is 1. The summed E-state index contributed by atoms with van der Waals surface area (Å²) in [6, 6.07) is 3.88. The molecule has 0 radical (unpaired) electrons. The molecule has 26 heavy (non-hydrogen) atoms. The Morgan fingerprint density at radius 3 is 1.58 bits per heavy atom. The van der Waals surface area contributed by atoms with Crippen LogP contribution in [0.1, 0.15) is 64.7 Å². The molecule has 150 valence electrons. The van der Waals surface area contributed by atoms with E-state index in [-0.39, 0.29) is 30.5 Å². The number of carboxylic acid groups (broad SMARTS) is 1. The van der Waals surface area contributed by atoms with Crippen LogP contribution in [0.2, 0.25) is 0 Å².